The fraction of sp³-hybridized carbons (Fsp3) is 0.414. The van der Waals surface area contributed by atoms with Gasteiger partial charge in [-0.05, 0) is 67.1 Å². The van der Waals surface area contributed by atoms with Crippen molar-refractivity contribution < 1.29 is 9.13 Å². The first-order valence-corrected chi connectivity index (χ1v) is 12.5. The van der Waals surface area contributed by atoms with Gasteiger partial charge in [-0.1, -0.05) is 56.2 Å². The normalized spacial score (nSPS) is 14.1. The summed E-state index contributed by atoms with van der Waals surface area (Å²) < 4.78 is 20.4. The van der Waals surface area contributed by atoms with Crippen LogP contribution in [-0.2, 0) is 26.1 Å². The molecule has 0 radical (unpaired) electrons. The van der Waals surface area contributed by atoms with Gasteiger partial charge in [-0.2, -0.15) is 0 Å². The number of halogens is 1. The molecule has 0 atom stereocenters. The molecule has 1 heterocycles. The third-order valence-electron chi connectivity index (χ3n) is 6.69. The van der Waals surface area contributed by atoms with Gasteiger partial charge in [0.05, 0.1) is 0 Å². The molecule has 4 nitrogen and oxygen atoms in total. The average Bonchev–Trinajstić information content (AvgIpc) is 3.39. The van der Waals surface area contributed by atoms with Crippen LogP contribution in [0, 0.1) is 5.82 Å². The van der Waals surface area contributed by atoms with Gasteiger partial charge >= 0.3 is 0 Å². The van der Waals surface area contributed by atoms with Crippen LogP contribution in [0.15, 0.2) is 71.7 Å². The summed E-state index contributed by atoms with van der Waals surface area (Å²) in [4.78, 5) is 15.2. The Morgan fingerprint density at radius 3 is 2.32 bits per heavy atom. The molecule has 1 aliphatic carbocycles. The lowest BCUT2D eigenvalue weighted by molar-refractivity contribution is 0.190. The molecule has 0 spiro atoms. The second-order valence-electron chi connectivity index (χ2n) is 9.28. The molecule has 4 rings (SSSR count). The van der Waals surface area contributed by atoms with Crippen LogP contribution >= 0.6 is 0 Å². The van der Waals surface area contributed by atoms with E-state index < -0.39 is 0 Å². The Morgan fingerprint density at radius 2 is 1.65 bits per heavy atom. The number of benzene rings is 2. The number of nitrogens with zero attached hydrogens (tertiary/aromatic N) is 2. The molecular weight excluding hydrogens is 427 g/mol. The van der Waals surface area contributed by atoms with Crippen LogP contribution in [0.5, 0.6) is 5.75 Å². The molecule has 0 aliphatic heterocycles. The van der Waals surface area contributed by atoms with E-state index in [1.165, 1.54) is 68.0 Å². The van der Waals surface area contributed by atoms with Crippen molar-refractivity contribution in [2.45, 2.75) is 71.2 Å². The maximum Gasteiger partial charge on any atom is 0.254 e. The first-order chi connectivity index (χ1) is 16.6. The molecule has 1 aromatic heterocycles. The highest BCUT2D eigenvalue weighted by Gasteiger charge is 2.21. The van der Waals surface area contributed by atoms with Gasteiger partial charge in [0.25, 0.3) is 5.56 Å². The Bertz CT molecular complexity index is 1090. The Balaban J connectivity index is 1.28. The second kappa shape index (κ2) is 12.0. The van der Waals surface area contributed by atoms with Crippen LogP contribution in [0.4, 0.5) is 4.39 Å². The summed E-state index contributed by atoms with van der Waals surface area (Å²) in [6.45, 7) is 5.38. The van der Waals surface area contributed by atoms with Crippen molar-refractivity contribution in [2.24, 2.45) is 0 Å². The van der Waals surface area contributed by atoms with Crippen LogP contribution in [0.1, 0.15) is 55.7 Å². The molecule has 34 heavy (non-hydrogen) atoms. The van der Waals surface area contributed by atoms with Crippen molar-refractivity contribution in [3.05, 3.63) is 99.7 Å². The molecule has 1 saturated carbocycles. The average molecular weight is 463 g/mol. The first-order valence-electron chi connectivity index (χ1n) is 12.5. The predicted octanol–water partition coefficient (Wildman–Crippen LogP) is 5.96. The van der Waals surface area contributed by atoms with Gasteiger partial charge in [0.15, 0.2) is 0 Å². The van der Waals surface area contributed by atoms with E-state index in [1.807, 2.05) is 0 Å². The van der Waals surface area contributed by atoms with E-state index in [0.29, 0.717) is 18.9 Å². The summed E-state index contributed by atoms with van der Waals surface area (Å²) in [7, 11) is 0. The molecule has 0 unspecified atom stereocenters. The predicted molar refractivity (Wildman–Crippen MR) is 135 cm³/mol. The standard InChI is InChI=1S/C29H35FN2O2/c1-2-17-32(27-5-3-4-6-27)21-24-9-7-23(8-10-24)15-18-31-19-16-28(20-29(31)33)34-22-25-11-13-26(30)14-12-25/h7-14,16,19-20,27H,2-6,15,17-18,21-22H2,1H3. The lowest BCUT2D eigenvalue weighted by Crippen LogP contribution is -2.33. The van der Waals surface area contributed by atoms with Gasteiger partial charge in [-0.25, -0.2) is 4.39 Å². The summed E-state index contributed by atoms with van der Waals surface area (Å²) in [5.41, 5.74) is 3.37. The monoisotopic (exact) mass is 462 g/mol. The van der Waals surface area contributed by atoms with Crippen LogP contribution < -0.4 is 10.3 Å². The van der Waals surface area contributed by atoms with E-state index in [4.69, 9.17) is 4.74 Å². The number of rotatable bonds is 11. The number of hydrogen-bond acceptors (Lipinski definition) is 3. The van der Waals surface area contributed by atoms with E-state index in [0.717, 1.165) is 24.6 Å². The van der Waals surface area contributed by atoms with Crippen LogP contribution in [0.3, 0.4) is 0 Å². The van der Waals surface area contributed by atoms with Crippen molar-refractivity contribution in [1.29, 1.82) is 0 Å². The Hall–Kier alpha value is -2.92. The molecule has 0 amide bonds. The molecule has 0 bridgehead atoms. The number of aryl methyl sites for hydroxylation is 2. The van der Waals surface area contributed by atoms with Crippen LogP contribution in [0.25, 0.3) is 0 Å². The van der Waals surface area contributed by atoms with Crippen molar-refractivity contribution >= 4 is 0 Å². The van der Waals surface area contributed by atoms with Gasteiger partial charge in [0.1, 0.15) is 18.2 Å². The number of ether oxygens (including phenoxy) is 1. The zero-order valence-electron chi connectivity index (χ0n) is 20.1. The quantitative estimate of drug-likeness (QED) is 0.352. The summed E-state index contributed by atoms with van der Waals surface area (Å²) in [6, 6.07) is 19.1. The highest BCUT2D eigenvalue weighted by atomic mass is 19.1. The molecule has 0 N–H and O–H groups in total. The van der Waals surface area contributed by atoms with E-state index in [1.54, 1.807) is 29.0 Å². The van der Waals surface area contributed by atoms with Crippen molar-refractivity contribution in [3.63, 3.8) is 0 Å². The summed E-state index contributed by atoms with van der Waals surface area (Å²) >= 11 is 0. The van der Waals surface area contributed by atoms with Gasteiger partial charge < -0.3 is 9.30 Å². The molecule has 1 fully saturated rings. The molecule has 0 saturated heterocycles. The van der Waals surface area contributed by atoms with E-state index in [9.17, 15) is 9.18 Å². The minimum Gasteiger partial charge on any atom is -0.489 e. The topological polar surface area (TPSA) is 34.5 Å². The van der Waals surface area contributed by atoms with Gasteiger partial charge in [-0.15, -0.1) is 0 Å². The number of pyridine rings is 1. The van der Waals surface area contributed by atoms with E-state index >= 15 is 0 Å². The highest BCUT2D eigenvalue weighted by molar-refractivity contribution is 5.24. The first kappa shape index (κ1) is 24.2. The fourth-order valence-electron chi connectivity index (χ4n) is 4.75. The van der Waals surface area contributed by atoms with E-state index in [-0.39, 0.29) is 11.4 Å². The van der Waals surface area contributed by atoms with Crippen LogP contribution in [-0.4, -0.2) is 22.1 Å². The molecule has 2 aromatic carbocycles. The second-order valence-corrected chi connectivity index (χ2v) is 9.28. The summed E-state index contributed by atoms with van der Waals surface area (Å²) in [5.74, 6) is 0.248. The third-order valence-corrected chi connectivity index (χ3v) is 6.69. The Kier molecular flexibility index (Phi) is 8.53. The molecule has 1 aliphatic rings. The third kappa shape index (κ3) is 6.80. The minimum atomic E-state index is -0.275. The molecule has 3 aromatic rings. The lowest BCUT2D eigenvalue weighted by atomic mass is 10.1. The summed E-state index contributed by atoms with van der Waals surface area (Å²) in [6.07, 6.45) is 9.18. The smallest absolute Gasteiger partial charge is 0.254 e. The summed E-state index contributed by atoms with van der Waals surface area (Å²) in [5, 5.41) is 0. The fourth-order valence-corrected chi connectivity index (χ4v) is 4.75. The SMILES string of the molecule is CCCN(Cc1ccc(CCn2ccc(OCc3ccc(F)cc3)cc2=O)cc1)C1CCCC1. The zero-order chi connectivity index (χ0) is 23.8. The lowest BCUT2D eigenvalue weighted by Gasteiger charge is -2.28. The van der Waals surface area contributed by atoms with E-state index in [2.05, 4.69) is 36.1 Å². The highest BCUT2D eigenvalue weighted by Crippen LogP contribution is 2.25. The largest absolute Gasteiger partial charge is 0.489 e. The zero-order valence-corrected chi connectivity index (χ0v) is 20.1. The van der Waals surface area contributed by atoms with Crippen LogP contribution in [0.2, 0.25) is 0 Å². The number of hydrogen-bond donors (Lipinski definition) is 0. The van der Waals surface area contributed by atoms with Gasteiger partial charge in [0, 0.05) is 31.4 Å². The molecule has 180 valence electrons. The minimum absolute atomic E-state index is 0.0833. The maximum absolute atomic E-state index is 13.0. The van der Waals surface area contributed by atoms with Gasteiger partial charge in [0.2, 0.25) is 0 Å². The van der Waals surface area contributed by atoms with Crippen molar-refractivity contribution in [3.8, 4) is 5.75 Å². The number of aromatic nitrogens is 1. The Morgan fingerprint density at radius 1 is 0.971 bits per heavy atom. The van der Waals surface area contributed by atoms with Crippen molar-refractivity contribution in [1.82, 2.24) is 9.47 Å². The van der Waals surface area contributed by atoms with Gasteiger partial charge in [-0.3, -0.25) is 9.69 Å². The maximum atomic E-state index is 13.0. The molecule has 5 heteroatoms. The van der Waals surface area contributed by atoms with Crippen molar-refractivity contribution in [2.75, 3.05) is 6.54 Å². The Labute approximate surface area is 202 Å². The molecular formula is C29H35FN2O2.